The summed E-state index contributed by atoms with van der Waals surface area (Å²) in [6.07, 6.45) is 3.58. The third kappa shape index (κ3) is 3.73. The Kier molecular flexibility index (Phi) is 5.29. The number of hydrogen-bond acceptors (Lipinski definition) is 6. The molecular weight excluding hydrogens is 402 g/mol. The summed E-state index contributed by atoms with van der Waals surface area (Å²) in [6, 6.07) is 3.62. The molecule has 0 radical (unpaired) electrons. The molecule has 4 heterocycles. The minimum atomic E-state index is -0.449. The molecule has 0 bridgehead atoms. The van der Waals surface area contributed by atoms with Crippen molar-refractivity contribution >= 4 is 46.4 Å². The van der Waals surface area contributed by atoms with Crippen LogP contribution < -0.4 is 4.90 Å². The number of halogens is 1. The quantitative estimate of drug-likeness (QED) is 0.727. The molecule has 1 spiro atoms. The van der Waals surface area contributed by atoms with Crippen molar-refractivity contribution < 1.29 is 14.7 Å². The molecule has 2 saturated heterocycles. The summed E-state index contributed by atoms with van der Waals surface area (Å²) >= 11 is 11.0. The van der Waals surface area contributed by atoms with Gasteiger partial charge in [0.05, 0.1) is 5.02 Å². The molecule has 10 heteroatoms. The number of carbonyl (C=O) groups is 1. The van der Waals surface area contributed by atoms with Gasteiger partial charge in [0.15, 0.2) is 0 Å². The first kappa shape index (κ1) is 19.2. The van der Waals surface area contributed by atoms with Crippen LogP contribution in [0.15, 0.2) is 23.5 Å². The average molecular weight is 424 g/mol. The number of thiocarbonyl (C=S) groups is 1. The highest BCUT2D eigenvalue weighted by molar-refractivity contribution is 7.79. The first-order chi connectivity index (χ1) is 13.5. The van der Waals surface area contributed by atoms with Crippen LogP contribution in [0.25, 0.3) is 0 Å². The fraction of sp³-hybridized carbons (Fsp3) is 0.556. The Hall–Kier alpha value is -2.13. The van der Waals surface area contributed by atoms with E-state index in [2.05, 4.69) is 15.0 Å². The lowest BCUT2D eigenvalue weighted by atomic mass is 9.87. The van der Waals surface area contributed by atoms with E-state index in [0.29, 0.717) is 69.3 Å². The van der Waals surface area contributed by atoms with Crippen molar-refractivity contribution in [3.8, 4) is 0 Å². The highest BCUT2D eigenvalue weighted by Crippen LogP contribution is 2.35. The van der Waals surface area contributed by atoms with Gasteiger partial charge in [0.25, 0.3) is 11.1 Å². The minimum absolute atomic E-state index is 0.0660. The van der Waals surface area contributed by atoms with Crippen LogP contribution in [-0.2, 0) is 9.63 Å². The van der Waals surface area contributed by atoms with Gasteiger partial charge in [-0.15, -0.1) is 0 Å². The Morgan fingerprint density at radius 1 is 1.18 bits per heavy atom. The molecule has 2 fully saturated rings. The fourth-order valence-electron chi connectivity index (χ4n) is 3.92. The molecule has 0 unspecified atom stereocenters. The van der Waals surface area contributed by atoms with Crippen LogP contribution in [0, 0.1) is 0 Å². The summed E-state index contributed by atoms with van der Waals surface area (Å²) < 4.78 is 0. The van der Waals surface area contributed by atoms with Gasteiger partial charge in [0, 0.05) is 64.7 Å². The van der Waals surface area contributed by atoms with Gasteiger partial charge in [-0.3, -0.25) is 4.79 Å². The number of rotatable bonds is 2. The zero-order valence-electron chi connectivity index (χ0n) is 15.4. The third-order valence-corrected chi connectivity index (χ3v) is 6.19. The number of aromatic nitrogens is 1. The van der Waals surface area contributed by atoms with Gasteiger partial charge >= 0.3 is 0 Å². The Labute approximate surface area is 173 Å². The lowest BCUT2D eigenvalue weighted by Crippen LogP contribution is -2.51. The van der Waals surface area contributed by atoms with E-state index >= 15 is 0 Å². The normalized spacial score (nSPS) is 21.5. The Balaban J connectivity index is 1.32. The van der Waals surface area contributed by atoms with Gasteiger partial charge < -0.3 is 24.6 Å². The second-order valence-electron chi connectivity index (χ2n) is 7.35. The largest absolute Gasteiger partial charge is 0.487 e. The molecular formula is C18H22ClN5O3S. The molecule has 0 aliphatic carbocycles. The fourth-order valence-corrected chi connectivity index (χ4v) is 4.35. The van der Waals surface area contributed by atoms with Crippen LogP contribution in [0.1, 0.15) is 19.3 Å². The summed E-state index contributed by atoms with van der Waals surface area (Å²) in [7, 11) is 0. The number of carbonyl (C=O) groups excluding carboxylic acids is 1. The van der Waals surface area contributed by atoms with E-state index in [1.165, 1.54) is 0 Å². The lowest BCUT2D eigenvalue weighted by molar-refractivity contribution is -0.124. The van der Waals surface area contributed by atoms with Crippen molar-refractivity contribution in [3.63, 3.8) is 0 Å². The van der Waals surface area contributed by atoms with E-state index in [9.17, 15) is 9.90 Å². The second-order valence-corrected chi connectivity index (χ2v) is 8.12. The number of oxime groups is 1. The molecule has 0 aromatic carbocycles. The van der Waals surface area contributed by atoms with E-state index in [-0.39, 0.29) is 11.1 Å². The van der Waals surface area contributed by atoms with E-state index in [1.54, 1.807) is 17.2 Å². The number of piperidine rings is 1. The molecule has 28 heavy (non-hydrogen) atoms. The smallest absolute Gasteiger partial charge is 0.271 e. The maximum atomic E-state index is 12.9. The third-order valence-electron chi connectivity index (χ3n) is 5.64. The van der Waals surface area contributed by atoms with Gasteiger partial charge in [-0.1, -0.05) is 16.8 Å². The molecule has 1 aromatic rings. The van der Waals surface area contributed by atoms with E-state index in [1.807, 2.05) is 11.0 Å². The average Bonchev–Trinajstić information content (AvgIpc) is 3.12. The number of pyridine rings is 1. The summed E-state index contributed by atoms with van der Waals surface area (Å²) in [5.41, 5.74) is 0.0274. The number of aliphatic hydroxyl groups excluding tert-OH is 1. The van der Waals surface area contributed by atoms with Crippen LogP contribution in [-0.4, -0.2) is 81.6 Å². The zero-order valence-corrected chi connectivity index (χ0v) is 17.0. The monoisotopic (exact) mass is 423 g/mol. The number of likely N-dealkylation sites (tertiary alicyclic amines) is 1. The van der Waals surface area contributed by atoms with Crippen LogP contribution in [0.2, 0.25) is 5.02 Å². The summed E-state index contributed by atoms with van der Waals surface area (Å²) in [5, 5.41) is 14.1. The van der Waals surface area contributed by atoms with Gasteiger partial charge in [0.1, 0.15) is 17.1 Å². The maximum absolute atomic E-state index is 12.9. The molecule has 8 nitrogen and oxygen atoms in total. The van der Waals surface area contributed by atoms with Crippen LogP contribution in [0.4, 0.5) is 5.82 Å². The van der Waals surface area contributed by atoms with Crippen molar-refractivity contribution in [1.82, 2.24) is 14.8 Å². The van der Waals surface area contributed by atoms with Gasteiger partial charge in [-0.2, -0.15) is 0 Å². The van der Waals surface area contributed by atoms with Gasteiger partial charge in [-0.25, -0.2) is 4.98 Å². The molecule has 3 aliphatic heterocycles. The number of hydrogen-bond donors (Lipinski definition) is 1. The van der Waals surface area contributed by atoms with Crippen molar-refractivity contribution in [2.24, 2.45) is 5.16 Å². The van der Waals surface area contributed by atoms with Crippen molar-refractivity contribution in [1.29, 1.82) is 0 Å². The Morgan fingerprint density at radius 2 is 1.89 bits per heavy atom. The summed E-state index contributed by atoms with van der Waals surface area (Å²) in [5.74, 6) is 0.689. The van der Waals surface area contributed by atoms with E-state index in [4.69, 9.17) is 28.7 Å². The van der Waals surface area contributed by atoms with Crippen molar-refractivity contribution in [3.05, 3.63) is 23.4 Å². The maximum Gasteiger partial charge on any atom is 0.271 e. The highest BCUT2D eigenvalue weighted by Gasteiger charge is 2.45. The molecule has 150 valence electrons. The topological polar surface area (TPSA) is 81.5 Å². The second kappa shape index (κ2) is 7.71. The number of piperazine rings is 1. The first-order valence-electron chi connectivity index (χ1n) is 9.35. The highest BCUT2D eigenvalue weighted by atomic mass is 35.5. The van der Waals surface area contributed by atoms with E-state index < -0.39 is 5.60 Å². The lowest BCUT2D eigenvalue weighted by Gasteiger charge is -2.37. The van der Waals surface area contributed by atoms with Crippen LogP contribution in [0.5, 0.6) is 0 Å². The predicted molar refractivity (Wildman–Crippen MR) is 110 cm³/mol. The summed E-state index contributed by atoms with van der Waals surface area (Å²) in [6.45, 7) is 3.73. The first-order valence-corrected chi connectivity index (χ1v) is 10.1. The summed E-state index contributed by atoms with van der Waals surface area (Å²) in [4.78, 5) is 28.6. The number of nitrogens with zero attached hydrogens (tertiary/aromatic N) is 5. The SMILES string of the molecule is O=C(C1=NOC2(CCN(C(O)=S)CC2)C1)N1CCN(c2ncccc2Cl)CC1. The molecule has 1 N–H and O–H groups in total. The Bertz CT molecular complexity index is 804. The zero-order chi connectivity index (χ0) is 19.7. The molecule has 4 rings (SSSR count). The Morgan fingerprint density at radius 3 is 2.54 bits per heavy atom. The van der Waals surface area contributed by atoms with Crippen molar-refractivity contribution in [2.75, 3.05) is 44.2 Å². The standard InChI is InChI=1S/C18H22ClN5O3S/c19-13-2-1-5-20-15(13)22-8-10-23(11-9-22)16(25)14-12-18(27-21-14)3-6-24(7-4-18)17(26)28/h1-2,5H,3-4,6-12H2,(H,26,28). The number of aliphatic hydroxyl groups is 1. The molecule has 1 amide bonds. The van der Waals surface area contributed by atoms with E-state index in [0.717, 1.165) is 5.82 Å². The van der Waals surface area contributed by atoms with Crippen LogP contribution >= 0.6 is 23.8 Å². The molecule has 1 aromatic heterocycles. The predicted octanol–water partition coefficient (Wildman–Crippen LogP) is 1.84. The number of anilines is 1. The number of amides is 1. The molecule has 0 atom stereocenters. The minimum Gasteiger partial charge on any atom is -0.487 e. The van der Waals surface area contributed by atoms with Gasteiger partial charge in [0.2, 0.25) is 0 Å². The van der Waals surface area contributed by atoms with Crippen LogP contribution in [0.3, 0.4) is 0 Å². The molecule has 3 aliphatic rings. The van der Waals surface area contributed by atoms with Gasteiger partial charge in [-0.05, 0) is 24.4 Å². The van der Waals surface area contributed by atoms with Crippen molar-refractivity contribution in [2.45, 2.75) is 24.9 Å². The molecule has 0 saturated carbocycles.